The largest absolute Gasteiger partial charge is 0.468 e. The average molecular weight is 259 g/mol. The van der Waals surface area contributed by atoms with Crippen molar-refractivity contribution in [3.8, 4) is 0 Å². The summed E-state index contributed by atoms with van der Waals surface area (Å²) in [7, 11) is 0. The van der Waals surface area contributed by atoms with Crippen LogP contribution in [0.15, 0.2) is 52.2 Å². The number of hydrogen-bond donors (Lipinski definition) is 3. The molecule has 100 valence electrons. The summed E-state index contributed by atoms with van der Waals surface area (Å²) in [6.07, 6.45) is 1.67. The third-order valence-electron chi connectivity index (χ3n) is 2.94. The van der Waals surface area contributed by atoms with E-state index in [9.17, 15) is 0 Å². The number of rotatable bonds is 5. The SMILES string of the molecule is CC(NCc1ccc(C(N)=NO)cc1)c1ccco1. The standard InChI is InChI=1S/C14H17N3O2/c1-10(13-3-2-8-19-13)16-9-11-4-6-12(7-5-11)14(15)17-18/h2-8,10,16,18H,9H2,1H3,(H2,15,17). The summed E-state index contributed by atoms with van der Waals surface area (Å²) >= 11 is 0. The van der Waals surface area contributed by atoms with Crippen LogP contribution >= 0.6 is 0 Å². The Labute approximate surface area is 111 Å². The summed E-state index contributed by atoms with van der Waals surface area (Å²) in [6, 6.07) is 11.5. The van der Waals surface area contributed by atoms with Crippen LogP contribution in [0.1, 0.15) is 29.9 Å². The first-order valence-corrected chi connectivity index (χ1v) is 6.04. The summed E-state index contributed by atoms with van der Waals surface area (Å²) in [5, 5.41) is 14.9. The second kappa shape index (κ2) is 6.06. The zero-order valence-electron chi connectivity index (χ0n) is 10.7. The highest BCUT2D eigenvalue weighted by Gasteiger charge is 2.07. The van der Waals surface area contributed by atoms with Gasteiger partial charge in [0.2, 0.25) is 0 Å². The Morgan fingerprint density at radius 1 is 1.37 bits per heavy atom. The molecule has 0 amide bonds. The number of oxime groups is 1. The quantitative estimate of drug-likeness (QED) is 0.333. The number of nitrogens with two attached hydrogens (primary N) is 1. The van der Waals surface area contributed by atoms with Crippen molar-refractivity contribution >= 4 is 5.84 Å². The van der Waals surface area contributed by atoms with E-state index in [0.29, 0.717) is 5.56 Å². The summed E-state index contributed by atoms with van der Waals surface area (Å²) in [5.41, 5.74) is 7.32. The molecule has 0 aliphatic carbocycles. The maximum Gasteiger partial charge on any atom is 0.170 e. The Bertz CT molecular complexity index is 532. The minimum Gasteiger partial charge on any atom is -0.468 e. The highest BCUT2D eigenvalue weighted by atomic mass is 16.4. The van der Waals surface area contributed by atoms with Crippen molar-refractivity contribution in [2.45, 2.75) is 19.5 Å². The summed E-state index contributed by atoms with van der Waals surface area (Å²) < 4.78 is 5.33. The molecule has 0 fully saturated rings. The lowest BCUT2D eigenvalue weighted by atomic mass is 10.1. The molecule has 1 heterocycles. The van der Waals surface area contributed by atoms with Crippen LogP contribution in [-0.4, -0.2) is 11.0 Å². The average Bonchev–Trinajstić information content (AvgIpc) is 2.98. The number of hydrogen-bond acceptors (Lipinski definition) is 4. The third kappa shape index (κ3) is 3.35. The van der Waals surface area contributed by atoms with Gasteiger partial charge in [-0.05, 0) is 24.6 Å². The molecular weight excluding hydrogens is 242 g/mol. The second-order valence-corrected chi connectivity index (χ2v) is 4.30. The van der Waals surface area contributed by atoms with Gasteiger partial charge in [-0.2, -0.15) is 0 Å². The van der Waals surface area contributed by atoms with Gasteiger partial charge in [-0.3, -0.25) is 0 Å². The van der Waals surface area contributed by atoms with Gasteiger partial charge >= 0.3 is 0 Å². The first-order valence-electron chi connectivity index (χ1n) is 6.04. The molecule has 0 spiro atoms. The lowest BCUT2D eigenvalue weighted by Gasteiger charge is -2.11. The van der Waals surface area contributed by atoms with E-state index in [1.165, 1.54) is 0 Å². The number of amidine groups is 1. The lowest BCUT2D eigenvalue weighted by molar-refractivity contribution is 0.318. The van der Waals surface area contributed by atoms with Crippen LogP contribution in [0, 0.1) is 0 Å². The molecule has 2 rings (SSSR count). The molecule has 1 unspecified atom stereocenters. The van der Waals surface area contributed by atoms with Gasteiger partial charge in [0.25, 0.3) is 0 Å². The monoisotopic (exact) mass is 259 g/mol. The number of nitrogens with one attached hydrogen (secondary N) is 1. The Morgan fingerprint density at radius 2 is 2.11 bits per heavy atom. The fourth-order valence-electron chi connectivity index (χ4n) is 1.76. The Balaban J connectivity index is 1.93. The molecule has 0 aliphatic rings. The van der Waals surface area contributed by atoms with E-state index in [1.807, 2.05) is 43.3 Å². The molecule has 19 heavy (non-hydrogen) atoms. The Hall–Kier alpha value is -2.27. The van der Waals surface area contributed by atoms with Gasteiger partial charge < -0.3 is 20.7 Å². The Morgan fingerprint density at radius 3 is 2.68 bits per heavy atom. The van der Waals surface area contributed by atoms with E-state index in [4.69, 9.17) is 15.4 Å². The second-order valence-electron chi connectivity index (χ2n) is 4.30. The maximum absolute atomic E-state index is 8.58. The first-order chi connectivity index (χ1) is 9.20. The van der Waals surface area contributed by atoms with Gasteiger partial charge in [0, 0.05) is 12.1 Å². The topological polar surface area (TPSA) is 83.8 Å². The molecule has 4 N–H and O–H groups in total. The molecular formula is C14H17N3O2. The number of benzene rings is 1. The van der Waals surface area contributed by atoms with Crippen LogP contribution in [0.3, 0.4) is 0 Å². The Kier molecular flexibility index (Phi) is 4.20. The van der Waals surface area contributed by atoms with Crippen LogP contribution in [0.5, 0.6) is 0 Å². The molecule has 0 saturated heterocycles. The molecule has 0 saturated carbocycles. The molecule has 1 aromatic carbocycles. The van der Waals surface area contributed by atoms with E-state index < -0.39 is 0 Å². The van der Waals surface area contributed by atoms with Crippen LogP contribution < -0.4 is 11.1 Å². The number of nitrogens with zero attached hydrogens (tertiary/aromatic N) is 1. The molecule has 0 aliphatic heterocycles. The smallest absolute Gasteiger partial charge is 0.170 e. The van der Waals surface area contributed by atoms with Crippen molar-refractivity contribution in [3.63, 3.8) is 0 Å². The molecule has 0 radical (unpaired) electrons. The molecule has 1 aromatic heterocycles. The first kappa shape index (κ1) is 13.2. The van der Waals surface area contributed by atoms with Crippen molar-refractivity contribution in [2.75, 3.05) is 0 Å². The predicted octanol–water partition coefficient (Wildman–Crippen LogP) is 2.22. The van der Waals surface area contributed by atoms with Crippen molar-refractivity contribution in [3.05, 3.63) is 59.5 Å². The van der Waals surface area contributed by atoms with Gasteiger partial charge in [0.1, 0.15) is 5.76 Å². The molecule has 0 bridgehead atoms. The summed E-state index contributed by atoms with van der Waals surface area (Å²) in [5.74, 6) is 1.02. The van der Waals surface area contributed by atoms with Gasteiger partial charge in [0.05, 0.1) is 12.3 Å². The van der Waals surface area contributed by atoms with Crippen LogP contribution in [0.4, 0.5) is 0 Å². The molecule has 1 atom stereocenters. The molecule has 5 heteroatoms. The zero-order valence-corrected chi connectivity index (χ0v) is 10.7. The van der Waals surface area contributed by atoms with Crippen LogP contribution in [-0.2, 0) is 6.54 Å². The van der Waals surface area contributed by atoms with Crippen molar-refractivity contribution < 1.29 is 9.62 Å². The van der Waals surface area contributed by atoms with Crippen molar-refractivity contribution in [1.82, 2.24) is 5.32 Å². The molecule has 5 nitrogen and oxygen atoms in total. The molecule has 2 aromatic rings. The maximum atomic E-state index is 8.58. The fourth-order valence-corrected chi connectivity index (χ4v) is 1.76. The van der Waals surface area contributed by atoms with Crippen LogP contribution in [0.25, 0.3) is 0 Å². The van der Waals surface area contributed by atoms with E-state index in [-0.39, 0.29) is 11.9 Å². The van der Waals surface area contributed by atoms with Crippen molar-refractivity contribution in [2.24, 2.45) is 10.9 Å². The van der Waals surface area contributed by atoms with E-state index in [1.54, 1.807) is 6.26 Å². The highest BCUT2D eigenvalue weighted by molar-refractivity contribution is 5.96. The lowest BCUT2D eigenvalue weighted by Crippen LogP contribution is -2.18. The van der Waals surface area contributed by atoms with Gasteiger partial charge in [-0.15, -0.1) is 0 Å². The number of furan rings is 1. The van der Waals surface area contributed by atoms with Gasteiger partial charge in [-0.25, -0.2) is 0 Å². The predicted molar refractivity (Wildman–Crippen MR) is 72.9 cm³/mol. The fraction of sp³-hybridized carbons (Fsp3) is 0.214. The van der Waals surface area contributed by atoms with Crippen molar-refractivity contribution in [1.29, 1.82) is 0 Å². The summed E-state index contributed by atoms with van der Waals surface area (Å²) in [6.45, 7) is 2.77. The minimum absolute atomic E-state index is 0.114. The van der Waals surface area contributed by atoms with E-state index >= 15 is 0 Å². The van der Waals surface area contributed by atoms with E-state index in [0.717, 1.165) is 17.9 Å². The van der Waals surface area contributed by atoms with Gasteiger partial charge in [0.15, 0.2) is 5.84 Å². The van der Waals surface area contributed by atoms with E-state index in [2.05, 4.69) is 10.5 Å². The normalized spacial score (nSPS) is 13.4. The highest BCUT2D eigenvalue weighted by Crippen LogP contribution is 2.13. The third-order valence-corrected chi connectivity index (χ3v) is 2.94. The zero-order chi connectivity index (χ0) is 13.7. The van der Waals surface area contributed by atoms with Crippen LogP contribution in [0.2, 0.25) is 0 Å². The summed E-state index contributed by atoms with van der Waals surface area (Å²) in [4.78, 5) is 0. The minimum atomic E-state index is 0.114. The van der Waals surface area contributed by atoms with Gasteiger partial charge in [-0.1, -0.05) is 29.4 Å².